The average molecular weight is 249 g/mol. The van der Waals surface area contributed by atoms with Gasteiger partial charge in [-0.25, -0.2) is 0 Å². The van der Waals surface area contributed by atoms with Gasteiger partial charge in [0.05, 0.1) is 12.5 Å². The highest BCUT2D eigenvalue weighted by atomic mass is 16.5. The Balaban J connectivity index is 1.92. The van der Waals surface area contributed by atoms with Gasteiger partial charge in [-0.05, 0) is 18.4 Å². The minimum atomic E-state index is -0.787. The molecule has 1 aliphatic rings. The molecular formula is C14H19NO3. The third kappa shape index (κ3) is 3.55. The van der Waals surface area contributed by atoms with Crippen molar-refractivity contribution >= 4 is 5.97 Å². The molecule has 2 N–H and O–H groups in total. The molecule has 2 atom stereocenters. The van der Waals surface area contributed by atoms with E-state index in [1.165, 1.54) is 0 Å². The minimum absolute atomic E-state index is 0.282. The molecule has 0 aromatic heterocycles. The largest absolute Gasteiger partial charge is 0.481 e. The number of aliphatic carboxylic acids is 1. The van der Waals surface area contributed by atoms with Crippen molar-refractivity contribution in [1.29, 1.82) is 0 Å². The number of hydrogen-bond donors (Lipinski definition) is 2. The second kappa shape index (κ2) is 6.52. The molecule has 0 saturated carbocycles. The van der Waals surface area contributed by atoms with Crippen molar-refractivity contribution in [1.82, 2.24) is 5.32 Å². The Morgan fingerprint density at radius 2 is 2.22 bits per heavy atom. The summed E-state index contributed by atoms with van der Waals surface area (Å²) < 4.78 is 5.37. The first kappa shape index (κ1) is 13.1. The fourth-order valence-electron chi connectivity index (χ4n) is 2.22. The van der Waals surface area contributed by atoms with Gasteiger partial charge in [0, 0.05) is 19.2 Å². The Kier molecular flexibility index (Phi) is 4.73. The van der Waals surface area contributed by atoms with Crippen LogP contribution in [0.2, 0.25) is 0 Å². The Hall–Kier alpha value is -1.39. The van der Waals surface area contributed by atoms with Gasteiger partial charge in [0.1, 0.15) is 0 Å². The molecule has 1 heterocycles. The smallest absolute Gasteiger partial charge is 0.312 e. The van der Waals surface area contributed by atoms with Crippen LogP contribution in [0.3, 0.4) is 0 Å². The molecule has 1 aromatic rings. The monoisotopic (exact) mass is 249 g/mol. The highest BCUT2D eigenvalue weighted by molar-refractivity contribution is 5.76. The average Bonchev–Trinajstić information content (AvgIpc) is 2.41. The minimum Gasteiger partial charge on any atom is -0.481 e. The number of rotatable bonds is 5. The molecule has 0 spiro atoms. The van der Waals surface area contributed by atoms with E-state index in [4.69, 9.17) is 4.74 Å². The fourth-order valence-corrected chi connectivity index (χ4v) is 2.22. The van der Waals surface area contributed by atoms with Crippen molar-refractivity contribution in [2.24, 2.45) is 0 Å². The normalized spacial score (nSPS) is 21.4. The zero-order valence-electron chi connectivity index (χ0n) is 10.3. The molecule has 18 heavy (non-hydrogen) atoms. The van der Waals surface area contributed by atoms with Crippen molar-refractivity contribution in [3.8, 4) is 0 Å². The maximum Gasteiger partial charge on any atom is 0.312 e. The molecule has 1 fully saturated rings. The van der Waals surface area contributed by atoms with Crippen LogP contribution in [-0.2, 0) is 9.53 Å². The third-order valence-electron chi connectivity index (χ3n) is 3.27. The molecule has 0 aliphatic carbocycles. The summed E-state index contributed by atoms with van der Waals surface area (Å²) in [6, 6.07) is 9.63. The van der Waals surface area contributed by atoms with E-state index in [0.717, 1.165) is 25.0 Å². The number of carboxylic acid groups (broad SMARTS) is 1. The van der Waals surface area contributed by atoms with Crippen molar-refractivity contribution in [2.45, 2.75) is 24.8 Å². The zero-order valence-corrected chi connectivity index (χ0v) is 10.3. The molecule has 0 bridgehead atoms. The molecule has 2 rings (SSSR count). The molecule has 1 aromatic carbocycles. The summed E-state index contributed by atoms with van der Waals surface area (Å²) in [5, 5.41) is 12.6. The predicted octanol–water partition coefficient (Wildman–Crippen LogP) is 1.62. The Bertz CT molecular complexity index is 374. The lowest BCUT2D eigenvalue weighted by Gasteiger charge is -2.25. The van der Waals surface area contributed by atoms with Crippen LogP contribution in [0.4, 0.5) is 0 Å². The van der Waals surface area contributed by atoms with Gasteiger partial charge in [0.2, 0.25) is 0 Å². The van der Waals surface area contributed by atoms with Crippen LogP contribution in [0.5, 0.6) is 0 Å². The number of benzene rings is 1. The van der Waals surface area contributed by atoms with Gasteiger partial charge in [-0.2, -0.15) is 0 Å². The lowest BCUT2D eigenvalue weighted by molar-refractivity contribution is -0.138. The number of carboxylic acids is 1. The maximum absolute atomic E-state index is 11.3. The highest BCUT2D eigenvalue weighted by Crippen LogP contribution is 2.16. The number of ether oxygens (including phenoxy) is 1. The van der Waals surface area contributed by atoms with E-state index in [1.807, 2.05) is 30.3 Å². The first-order chi connectivity index (χ1) is 8.77. The molecular weight excluding hydrogens is 230 g/mol. The molecule has 1 aliphatic heterocycles. The first-order valence-corrected chi connectivity index (χ1v) is 6.36. The van der Waals surface area contributed by atoms with Crippen LogP contribution in [0.1, 0.15) is 24.3 Å². The van der Waals surface area contributed by atoms with Gasteiger partial charge in [-0.15, -0.1) is 0 Å². The highest BCUT2D eigenvalue weighted by Gasteiger charge is 2.21. The summed E-state index contributed by atoms with van der Waals surface area (Å²) in [6.07, 6.45) is 2.10. The fraction of sp³-hybridized carbons (Fsp3) is 0.500. The molecule has 2 unspecified atom stereocenters. The van der Waals surface area contributed by atoms with Crippen LogP contribution >= 0.6 is 0 Å². The van der Waals surface area contributed by atoms with E-state index < -0.39 is 11.9 Å². The summed E-state index contributed by atoms with van der Waals surface area (Å²) in [4.78, 5) is 11.3. The van der Waals surface area contributed by atoms with Crippen molar-refractivity contribution < 1.29 is 14.6 Å². The molecule has 98 valence electrons. The zero-order chi connectivity index (χ0) is 12.8. The maximum atomic E-state index is 11.3. The van der Waals surface area contributed by atoms with Crippen molar-refractivity contribution in [2.75, 3.05) is 19.8 Å². The lowest BCUT2D eigenvalue weighted by Crippen LogP contribution is -2.40. The first-order valence-electron chi connectivity index (χ1n) is 6.36. The summed E-state index contributed by atoms with van der Waals surface area (Å²) in [5.41, 5.74) is 0.842. The topological polar surface area (TPSA) is 58.6 Å². The number of nitrogens with one attached hydrogen (secondary N) is 1. The number of carbonyl (C=O) groups is 1. The van der Waals surface area contributed by atoms with E-state index >= 15 is 0 Å². The molecule has 0 amide bonds. The summed E-state index contributed by atoms with van der Waals surface area (Å²) in [6.45, 7) is 1.95. The summed E-state index contributed by atoms with van der Waals surface area (Å²) >= 11 is 0. The second-order valence-corrected chi connectivity index (χ2v) is 4.62. The predicted molar refractivity (Wildman–Crippen MR) is 68.7 cm³/mol. The SMILES string of the molecule is O=C(O)C(CNC1CCCOC1)c1ccccc1. The van der Waals surface area contributed by atoms with Crippen LogP contribution in [0, 0.1) is 0 Å². The van der Waals surface area contributed by atoms with Gasteiger partial charge >= 0.3 is 5.97 Å². The Morgan fingerprint density at radius 3 is 2.83 bits per heavy atom. The van der Waals surface area contributed by atoms with Crippen LogP contribution in [0.25, 0.3) is 0 Å². The van der Waals surface area contributed by atoms with E-state index in [2.05, 4.69) is 5.32 Å². The quantitative estimate of drug-likeness (QED) is 0.832. The van der Waals surface area contributed by atoms with E-state index in [0.29, 0.717) is 13.2 Å². The van der Waals surface area contributed by atoms with Crippen molar-refractivity contribution in [3.05, 3.63) is 35.9 Å². The van der Waals surface area contributed by atoms with Crippen LogP contribution < -0.4 is 5.32 Å². The molecule has 1 saturated heterocycles. The number of hydrogen-bond acceptors (Lipinski definition) is 3. The molecule has 4 nitrogen and oxygen atoms in total. The van der Waals surface area contributed by atoms with E-state index in [1.54, 1.807) is 0 Å². The van der Waals surface area contributed by atoms with E-state index in [-0.39, 0.29) is 6.04 Å². The van der Waals surface area contributed by atoms with E-state index in [9.17, 15) is 9.90 Å². The van der Waals surface area contributed by atoms with Gasteiger partial charge in [0.25, 0.3) is 0 Å². The summed E-state index contributed by atoms with van der Waals surface area (Å²) in [5.74, 6) is -1.28. The second-order valence-electron chi connectivity index (χ2n) is 4.62. The van der Waals surface area contributed by atoms with Crippen molar-refractivity contribution in [3.63, 3.8) is 0 Å². The lowest BCUT2D eigenvalue weighted by atomic mass is 9.98. The van der Waals surface area contributed by atoms with Gasteiger partial charge in [0.15, 0.2) is 0 Å². The van der Waals surface area contributed by atoms with Gasteiger partial charge in [-0.3, -0.25) is 4.79 Å². The third-order valence-corrected chi connectivity index (χ3v) is 3.27. The Morgan fingerprint density at radius 1 is 1.44 bits per heavy atom. The molecule has 4 heteroatoms. The van der Waals surface area contributed by atoms with Crippen LogP contribution in [0.15, 0.2) is 30.3 Å². The standard InChI is InChI=1S/C14H19NO3/c16-14(17)13(11-5-2-1-3-6-11)9-15-12-7-4-8-18-10-12/h1-3,5-6,12-13,15H,4,7-10H2,(H,16,17). The van der Waals surface area contributed by atoms with Gasteiger partial charge in [-0.1, -0.05) is 30.3 Å². The molecule has 0 radical (unpaired) electrons. The van der Waals surface area contributed by atoms with Gasteiger partial charge < -0.3 is 15.2 Å². The Labute approximate surface area is 107 Å². The summed E-state index contributed by atoms with van der Waals surface area (Å²) in [7, 11) is 0. The van der Waals surface area contributed by atoms with Crippen LogP contribution in [-0.4, -0.2) is 36.9 Å².